The summed E-state index contributed by atoms with van der Waals surface area (Å²) in [6, 6.07) is 5.98. The molecular formula is C16H22ClN3O. The van der Waals surface area contributed by atoms with Crippen LogP contribution in [0.5, 0.6) is 0 Å². The van der Waals surface area contributed by atoms with E-state index in [1.807, 2.05) is 36.9 Å². The van der Waals surface area contributed by atoms with Gasteiger partial charge in [0.1, 0.15) is 0 Å². The van der Waals surface area contributed by atoms with E-state index < -0.39 is 0 Å². The summed E-state index contributed by atoms with van der Waals surface area (Å²) in [4.78, 5) is 17.2. The Bertz CT molecular complexity index is 597. The Morgan fingerprint density at radius 1 is 1.33 bits per heavy atom. The highest BCUT2D eigenvalue weighted by atomic mass is 35.5. The smallest absolute Gasteiger partial charge is 0.317 e. The number of aromatic amines is 1. The van der Waals surface area contributed by atoms with Crippen molar-refractivity contribution in [2.24, 2.45) is 0 Å². The topological polar surface area (TPSA) is 48.1 Å². The zero-order chi connectivity index (χ0) is 15.4. The Hall–Kier alpha value is -1.68. The van der Waals surface area contributed by atoms with Crippen molar-refractivity contribution in [3.8, 4) is 0 Å². The summed E-state index contributed by atoms with van der Waals surface area (Å²) in [7, 11) is 0. The first-order valence-electron chi connectivity index (χ1n) is 7.35. The maximum atomic E-state index is 12.0. The Morgan fingerprint density at radius 3 is 2.76 bits per heavy atom. The summed E-state index contributed by atoms with van der Waals surface area (Å²) in [6.45, 7) is 8.03. The number of carbonyl (C=O) groups is 1. The molecule has 0 unspecified atom stereocenters. The van der Waals surface area contributed by atoms with Crippen molar-refractivity contribution in [3.05, 3.63) is 34.5 Å². The molecule has 5 heteroatoms. The fourth-order valence-corrected chi connectivity index (χ4v) is 2.54. The minimum atomic E-state index is -0.0211. The monoisotopic (exact) mass is 307 g/mol. The number of aryl methyl sites for hydroxylation is 1. The highest BCUT2D eigenvalue weighted by molar-refractivity contribution is 6.32. The largest absolute Gasteiger partial charge is 0.357 e. The Labute approximate surface area is 130 Å². The molecule has 4 nitrogen and oxygen atoms in total. The van der Waals surface area contributed by atoms with Crippen molar-refractivity contribution < 1.29 is 4.79 Å². The van der Waals surface area contributed by atoms with Crippen LogP contribution in [-0.2, 0) is 6.54 Å². The first kappa shape index (κ1) is 15.7. The number of amides is 2. The van der Waals surface area contributed by atoms with Gasteiger partial charge in [0.05, 0.1) is 6.54 Å². The molecule has 0 radical (unpaired) electrons. The molecule has 2 rings (SSSR count). The molecule has 0 saturated carbocycles. The van der Waals surface area contributed by atoms with Crippen LogP contribution in [0.3, 0.4) is 0 Å². The van der Waals surface area contributed by atoms with Gasteiger partial charge in [-0.25, -0.2) is 4.79 Å². The minimum Gasteiger partial charge on any atom is -0.357 e. The predicted molar refractivity (Wildman–Crippen MR) is 87.8 cm³/mol. The van der Waals surface area contributed by atoms with Gasteiger partial charge in [-0.15, -0.1) is 0 Å². The summed E-state index contributed by atoms with van der Waals surface area (Å²) < 4.78 is 0. The normalized spacial score (nSPS) is 10.9. The van der Waals surface area contributed by atoms with Crippen LogP contribution in [0, 0.1) is 6.92 Å². The number of hydrogen-bond acceptors (Lipinski definition) is 1. The number of carbonyl (C=O) groups excluding carboxylic acids is 1. The first-order chi connectivity index (χ1) is 10.0. The van der Waals surface area contributed by atoms with E-state index in [1.54, 1.807) is 0 Å². The number of fused-ring (bicyclic) bond motifs is 1. The van der Waals surface area contributed by atoms with Crippen LogP contribution in [-0.4, -0.2) is 29.0 Å². The maximum absolute atomic E-state index is 12.0. The molecule has 21 heavy (non-hydrogen) atoms. The van der Waals surface area contributed by atoms with Crippen LogP contribution in [0.2, 0.25) is 5.02 Å². The number of nitrogens with zero attached hydrogens (tertiary/aromatic N) is 1. The van der Waals surface area contributed by atoms with Crippen molar-refractivity contribution in [1.29, 1.82) is 0 Å². The third-order valence-corrected chi connectivity index (χ3v) is 3.96. The number of hydrogen-bond donors (Lipinski definition) is 2. The molecule has 114 valence electrons. The molecule has 1 aromatic heterocycles. The van der Waals surface area contributed by atoms with Crippen LogP contribution >= 0.6 is 11.6 Å². The Kier molecular flexibility index (Phi) is 5.12. The molecule has 0 aliphatic heterocycles. The van der Waals surface area contributed by atoms with E-state index in [-0.39, 0.29) is 6.03 Å². The minimum absolute atomic E-state index is 0.0211. The average molecular weight is 308 g/mol. The summed E-state index contributed by atoms with van der Waals surface area (Å²) in [5.41, 5.74) is 3.07. The van der Waals surface area contributed by atoms with Crippen LogP contribution in [0.25, 0.3) is 10.9 Å². The molecule has 2 N–H and O–H groups in total. The Morgan fingerprint density at radius 2 is 2.10 bits per heavy atom. The van der Waals surface area contributed by atoms with Gasteiger partial charge < -0.3 is 15.2 Å². The highest BCUT2D eigenvalue weighted by Gasteiger charge is 2.10. The number of nitrogens with one attached hydrogen (secondary N) is 2. The quantitative estimate of drug-likeness (QED) is 0.859. The molecule has 0 saturated heterocycles. The summed E-state index contributed by atoms with van der Waals surface area (Å²) >= 11 is 6.13. The van der Waals surface area contributed by atoms with E-state index >= 15 is 0 Å². The molecule has 1 aromatic carbocycles. The van der Waals surface area contributed by atoms with Gasteiger partial charge in [0, 0.05) is 34.7 Å². The average Bonchev–Trinajstić information content (AvgIpc) is 2.84. The number of urea groups is 1. The van der Waals surface area contributed by atoms with Gasteiger partial charge in [0.15, 0.2) is 0 Å². The van der Waals surface area contributed by atoms with Crippen molar-refractivity contribution in [2.75, 3.05) is 13.1 Å². The maximum Gasteiger partial charge on any atom is 0.317 e. The van der Waals surface area contributed by atoms with Gasteiger partial charge in [-0.1, -0.05) is 18.5 Å². The Balaban J connectivity index is 2.05. The second-order valence-corrected chi connectivity index (χ2v) is 5.63. The van der Waals surface area contributed by atoms with Crippen LogP contribution < -0.4 is 5.32 Å². The van der Waals surface area contributed by atoms with Gasteiger partial charge in [-0.3, -0.25) is 0 Å². The highest BCUT2D eigenvalue weighted by Crippen LogP contribution is 2.23. The van der Waals surface area contributed by atoms with Gasteiger partial charge >= 0.3 is 6.03 Å². The number of aromatic nitrogens is 1. The van der Waals surface area contributed by atoms with Gasteiger partial charge in [-0.2, -0.15) is 0 Å². The van der Waals surface area contributed by atoms with E-state index in [0.29, 0.717) is 6.54 Å². The van der Waals surface area contributed by atoms with Crippen molar-refractivity contribution in [2.45, 2.75) is 33.7 Å². The molecule has 2 amide bonds. The van der Waals surface area contributed by atoms with E-state index in [4.69, 9.17) is 11.6 Å². The van der Waals surface area contributed by atoms with Crippen molar-refractivity contribution >= 4 is 28.5 Å². The molecule has 0 spiro atoms. The molecule has 0 aliphatic rings. The SMILES string of the molecule is CCCN(CC)C(=O)NCc1cc2cc(Cl)c(C)cc2[nH]1. The number of H-pyrrole nitrogens is 1. The molecule has 0 atom stereocenters. The molecule has 1 heterocycles. The summed E-state index contributed by atoms with van der Waals surface area (Å²) in [6.07, 6.45) is 0.964. The van der Waals surface area contributed by atoms with E-state index in [2.05, 4.69) is 17.2 Å². The lowest BCUT2D eigenvalue weighted by Crippen LogP contribution is -2.39. The van der Waals surface area contributed by atoms with Crippen molar-refractivity contribution in [1.82, 2.24) is 15.2 Å². The zero-order valence-corrected chi connectivity index (χ0v) is 13.5. The van der Waals surface area contributed by atoms with Crippen molar-refractivity contribution in [3.63, 3.8) is 0 Å². The van der Waals surface area contributed by atoms with Gasteiger partial charge in [-0.05, 0) is 44.0 Å². The van der Waals surface area contributed by atoms with Gasteiger partial charge in [0.25, 0.3) is 0 Å². The first-order valence-corrected chi connectivity index (χ1v) is 7.73. The lowest BCUT2D eigenvalue weighted by Gasteiger charge is -2.20. The molecule has 0 bridgehead atoms. The molecule has 2 aromatic rings. The lowest BCUT2D eigenvalue weighted by atomic mass is 10.2. The summed E-state index contributed by atoms with van der Waals surface area (Å²) in [5, 5.41) is 4.77. The molecule has 0 aliphatic carbocycles. The fourth-order valence-electron chi connectivity index (χ4n) is 2.37. The standard InChI is InChI=1S/C16H22ClN3O/c1-4-6-20(5-2)16(21)18-10-13-8-12-9-14(17)11(3)7-15(12)19-13/h7-9,19H,4-6,10H2,1-3H3,(H,18,21). The van der Waals surface area contributed by atoms with E-state index in [1.165, 1.54) is 0 Å². The molecular weight excluding hydrogens is 286 g/mol. The summed E-state index contributed by atoms with van der Waals surface area (Å²) in [5.74, 6) is 0. The number of rotatable bonds is 5. The third-order valence-electron chi connectivity index (χ3n) is 3.55. The second kappa shape index (κ2) is 6.85. The van der Waals surface area contributed by atoms with E-state index in [0.717, 1.165) is 46.7 Å². The molecule has 0 fully saturated rings. The predicted octanol–water partition coefficient (Wildman–Crippen LogP) is 4.07. The van der Waals surface area contributed by atoms with Crippen LogP contribution in [0.4, 0.5) is 4.79 Å². The van der Waals surface area contributed by atoms with Gasteiger partial charge in [0.2, 0.25) is 0 Å². The van der Waals surface area contributed by atoms with Crippen LogP contribution in [0.1, 0.15) is 31.5 Å². The third kappa shape index (κ3) is 3.70. The van der Waals surface area contributed by atoms with Crippen LogP contribution in [0.15, 0.2) is 18.2 Å². The number of halogens is 1. The fraction of sp³-hybridized carbons (Fsp3) is 0.438. The second-order valence-electron chi connectivity index (χ2n) is 5.22. The number of benzene rings is 1. The van der Waals surface area contributed by atoms with E-state index in [9.17, 15) is 4.79 Å². The lowest BCUT2D eigenvalue weighted by molar-refractivity contribution is 0.200. The zero-order valence-electron chi connectivity index (χ0n) is 12.8.